The second-order valence-corrected chi connectivity index (χ2v) is 12.0. The zero-order valence-corrected chi connectivity index (χ0v) is 22.0. The van der Waals surface area contributed by atoms with Gasteiger partial charge in [-0.15, -0.1) is 0 Å². The molecule has 0 aromatic heterocycles. The van der Waals surface area contributed by atoms with Crippen LogP contribution in [0.1, 0.15) is 63.4 Å². The van der Waals surface area contributed by atoms with Gasteiger partial charge in [-0.2, -0.15) is 0 Å². The Kier molecular flexibility index (Phi) is 6.88. The Hall–Kier alpha value is -2.41. The summed E-state index contributed by atoms with van der Waals surface area (Å²) in [5, 5.41) is 0. The van der Waals surface area contributed by atoms with Crippen LogP contribution < -0.4 is 4.74 Å². The van der Waals surface area contributed by atoms with Crippen LogP contribution in [0.15, 0.2) is 24.3 Å². The van der Waals surface area contributed by atoms with Crippen LogP contribution in [0, 0.1) is 23.2 Å². The Labute approximate surface area is 214 Å². The molecule has 0 radical (unpaired) electrons. The third kappa shape index (κ3) is 4.44. The van der Waals surface area contributed by atoms with Crippen molar-refractivity contribution in [2.45, 2.75) is 63.2 Å². The van der Waals surface area contributed by atoms with Crippen LogP contribution in [-0.2, 0) is 24.5 Å². The van der Waals surface area contributed by atoms with Crippen LogP contribution in [0.3, 0.4) is 0 Å². The lowest BCUT2D eigenvalue weighted by Gasteiger charge is -2.57. The normalized spacial score (nSPS) is 32.9. The smallest absolute Gasteiger partial charge is 0.241 e. The molecule has 6 rings (SSSR count). The van der Waals surface area contributed by atoms with Crippen molar-refractivity contribution < 1.29 is 23.9 Å². The average Bonchev–Trinajstić information content (AvgIpc) is 3.09. The molecule has 0 spiro atoms. The fraction of sp³-hybridized carbons (Fsp3) is 0.690. The van der Waals surface area contributed by atoms with E-state index in [2.05, 4.69) is 0 Å². The van der Waals surface area contributed by atoms with Crippen LogP contribution in [0.4, 0.5) is 0 Å². The summed E-state index contributed by atoms with van der Waals surface area (Å²) in [4.78, 5) is 43.5. The van der Waals surface area contributed by atoms with Gasteiger partial charge in [0, 0.05) is 39.1 Å². The molecule has 1 saturated heterocycles. The molecule has 1 aliphatic heterocycles. The lowest BCUT2D eigenvalue weighted by molar-refractivity contribution is -0.143. The summed E-state index contributed by atoms with van der Waals surface area (Å²) in [6.07, 6.45) is 9.12. The Bertz CT molecular complexity index is 987. The molecule has 1 atom stereocenters. The topological polar surface area (TPSA) is 76.2 Å². The highest BCUT2D eigenvalue weighted by Gasteiger charge is 2.55. The van der Waals surface area contributed by atoms with Crippen molar-refractivity contribution >= 4 is 17.7 Å². The van der Waals surface area contributed by atoms with E-state index in [-0.39, 0.29) is 43.7 Å². The second kappa shape index (κ2) is 9.81. The number of hydrogen-bond donors (Lipinski definition) is 0. The zero-order valence-electron chi connectivity index (χ0n) is 22.0. The number of benzene rings is 1. The molecule has 4 bridgehead atoms. The minimum atomic E-state index is -1.26. The van der Waals surface area contributed by atoms with E-state index in [0.29, 0.717) is 23.3 Å². The van der Waals surface area contributed by atoms with Gasteiger partial charge in [0.05, 0.1) is 25.7 Å². The number of imide groups is 1. The van der Waals surface area contributed by atoms with Crippen molar-refractivity contribution in [1.29, 1.82) is 0 Å². The largest absolute Gasteiger partial charge is 0.496 e. The highest BCUT2D eigenvalue weighted by atomic mass is 16.5. The van der Waals surface area contributed by atoms with Gasteiger partial charge in [0.25, 0.3) is 0 Å². The van der Waals surface area contributed by atoms with E-state index in [9.17, 15) is 14.4 Å². The van der Waals surface area contributed by atoms with Crippen LogP contribution in [0.25, 0.3) is 0 Å². The van der Waals surface area contributed by atoms with Crippen molar-refractivity contribution in [3.05, 3.63) is 29.8 Å². The molecule has 1 unspecified atom stereocenters. The molecule has 3 amide bonds. The van der Waals surface area contributed by atoms with Gasteiger partial charge >= 0.3 is 0 Å². The molecule has 1 heterocycles. The second-order valence-electron chi connectivity index (χ2n) is 12.0. The molecule has 7 nitrogen and oxygen atoms in total. The number of hydrogen-bond acceptors (Lipinski definition) is 5. The van der Waals surface area contributed by atoms with E-state index in [4.69, 9.17) is 9.47 Å². The first kappa shape index (κ1) is 25.2. The van der Waals surface area contributed by atoms with E-state index in [0.717, 1.165) is 24.2 Å². The van der Waals surface area contributed by atoms with Gasteiger partial charge < -0.3 is 14.4 Å². The van der Waals surface area contributed by atoms with E-state index >= 15 is 0 Å². The molecule has 1 aromatic carbocycles. The van der Waals surface area contributed by atoms with Gasteiger partial charge in [-0.3, -0.25) is 19.3 Å². The fourth-order valence-corrected chi connectivity index (χ4v) is 8.21. The monoisotopic (exact) mass is 496 g/mol. The molecule has 1 aromatic rings. The molecule has 4 saturated carbocycles. The molecule has 196 valence electrons. The highest BCUT2D eigenvalue weighted by Crippen LogP contribution is 2.61. The van der Waals surface area contributed by atoms with Crippen LogP contribution in [0.5, 0.6) is 5.75 Å². The van der Waals surface area contributed by atoms with Crippen molar-refractivity contribution in [1.82, 2.24) is 9.80 Å². The van der Waals surface area contributed by atoms with E-state index in [1.54, 1.807) is 25.2 Å². The van der Waals surface area contributed by atoms with Crippen molar-refractivity contribution in [3.8, 4) is 5.75 Å². The predicted octanol–water partition coefficient (Wildman–Crippen LogP) is 3.79. The van der Waals surface area contributed by atoms with Gasteiger partial charge in [-0.05, 0) is 74.2 Å². The van der Waals surface area contributed by atoms with Gasteiger partial charge in [0.15, 0.2) is 0 Å². The van der Waals surface area contributed by atoms with E-state index < -0.39 is 5.41 Å². The third-order valence-corrected chi connectivity index (χ3v) is 9.57. The summed E-state index contributed by atoms with van der Waals surface area (Å²) in [5.41, 5.74) is -0.267. The predicted molar refractivity (Wildman–Crippen MR) is 135 cm³/mol. The van der Waals surface area contributed by atoms with Crippen molar-refractivity contribution in [2.24, 2.45) is 23.2 Å². The van der Waals surface area contributed by atoms with Gasteiger partial charge in [0.2, 0.25) is 17.7 Å². The van der Waals surface area contributed by atoms with Crippen LogP contribution in [0.2, 0.25) is 0 Å². The Balaban J connectivity index is 1.34. The summed E-state index contributed by atoms with van der Waals surface area (Å²) in [6, 6.07) is 7.26. The number of likely N-dealkylation sites (tertiary alicyclic amines) is 1. The highest BCUT2D eigenvalue weighted by molar-refractivity contribution is 6.11. The summed E-state index contributed by atoms with van der Waals surface area (Å²) >= 11 is 0. The molecule has 7 heteroatoms. The molecule has 0 N–H and O–H groups in total. The molecule has 36 heavy (non-hydrogen) atoms. The van der Waals surface area contributed by atoms with Crippen LogP contribution >= 0.6 is 0 Å². The van der Waals surface area contributed by atoms with Crippen molar-refractivity contribution in [3.63, 3.8) is 0 Å². The third-order valence-electron chi connectivity index (χ3n) is 9.57. The van der Waals surface area contributed by atoms with Crippen molar-refractivity contribution in [2.75, 3.05) is 41.0 Å². The number of methoxy groups -OCH3 is 2. The maximum absolute atomic E-state index is 13.8. The number of nitrogens with zero attached hydrogens (tertiary/aromatic N) is 2. The fourth-order valence-electron chi connectivity index (χ4n) is 8.21. The number of amides is 3. The quantitative estimate of drug-likeness (QED) is 0.461. The molecule has 5 fully saturated rings. The lowest BCUT2D eigenvalue weighted by atomic mass is 9.49. The summed E-state index contributed by atoms with van der Waals surface area (Å²) < 4.78 is 10.7. The molecule has 5 aliphatic rings. The first-order valence-electron chi connectivity index (χ1n) is 13.5. The Morgan fingerprint density at radius 1 is 1.06 bits per heavy atom. The maximum atomic E-state index is 13.8. The Morgan fingerprint density at radius 2 is 1.69 bits per heavy atom. The number of ether oxygens (including phenoxy) is 2. The van der Waals surface area contributed by atoms with Gasteiger partial charge in [0.1, 0.15) is 5.75 Å². The minimum Gasteiger partial charge on any atom is -0.496 e. The molecular formula is C29H40N2O5. The van der Waals surface area contributed by atoms with Gasteiger partial charge in [-0.25, -0.2) is 0 Å². The summed E-state index contributed by atoms with van der Waals surface area (Å²) in [7, 11) is 4.94. The number of para-hydroxylation sites is 1. The Morgan fingerprint density at radius 3 is 2.31 bits per heavy atom. The number of rotatable bonds is 10. The molecular weight excluding hydrogens is 456 g/mol. The first-order valence-corrected chi connectivity index (χ1v) is 13.5. The molecule has 4 aliphatic carbocycles. The minimum absolute atomic E-state index is 0.0372. The zero-order chi connectivity index (χ0) is 25.5. The SMILES string of the molecule is COCCN1C(=O)CC(CC(=O)N(C)CCC23CC4CC(CC(C4)C2)C3)(c2ccccc2OC)C1=O. The van der Waals surface area contributed by atoms with E-state index in [1.807, 2.05) is 25.2 Å². The maximum Gasteiger partial charge on any atom is 0.241 e. The first-order chi connectivity index (χ1) is 17.3. The number of carbonyl (C=O) groups excluding carboxylic acids is 3. The number of carbonyl (C=O) groups is 3. The summed E-state index contributed by atoms with van der Waals surface area (Å²) in [5.74, 6) is 2.46. The van der Waals surface area contributed by atoms with Crippen LogP contribution in [-0.4, -0.2) is 68.5 Å². The average molecular weight is 497 g/mol. The van der Waals surface area contributed by atoms with E-state index in [1.165, 1.54) is 43.4 Å². The lowest BCUT2D eigenvalue weighted by Crippen LogP contribution is -2.48. The van der Waals surface area contributed by atoms with Gasteiger partial charge in [-0.1, -0.05) is 18.2 Å². The summed E-state index contributed by atoms with van der Waals surface area (Å²) in [6.45, 7) is 1.14. The standard InChI is InChI=1S/C29H40N2O5/c1-30(9-8-28-15-20-12-21(16-28)14-22(13-20)17-28)25(32)18-29(23-6-4-5-7-24(23)36-3)19-26(33)31(27(29)34)10-11-35-2/h4-7,20-22H,8-19H2,1-3H3.